The molecular weight excluding hydrogens is 204 g/mol. The average Bonchev–Trinajstić information content (AvgIpc) is 2.23. The van der Waals surface area contributed by atoms with Crippen molar-refractivity contribution in [1.82, 2.24) is 4.98 Å². The van der Waals surface area contributed by atoms with E-state index >= 15 is 0 Å². The number of nitrogens with zero attached hydrogens (tertiary/aromatic N) is 1. The van der Waals surface area contributed by atoms with Crippen LogP contribution in [0.2, 0.25) is 0 Å². The SMILES string of the molecule is COC(=O)CC#Cc1cnc(F)c(F)c1. The van der Waals surface area contributed by atoms with Crippen LogP contribution in [0.1, 0.15) is 12.0 Å². The van der Waals surface area contributed by atoms with E-state index in [-0.39, 0.29) is 12.0 Å². The van der Waals surface area contributed by atoms with E-state index < -0.39 is 17.7 Å². The largest absolute Gasteiger partial charge is 0.468 e. The van der Waals surface area contributed by atoms with Gasteiger partial charge in [-0.05, 0) is 6.07 Å². The van der Waals surface area contributed by atoms with Gasteiger partial charge in [-0.15, -0.1) is 0 Å². The van der Waals surface area contributed by atoms with Crippen molar-refractivity contribution in [2.75, 3.05) is 7.11 Å². The molecule has 15 heavy (non-hydrogen) atoms. The maximum atomic E-state index is 12.6. The zero-order valence-corrected chi connectivity index (χ0v) is 7.88. The Morgan fingerprint density at radius 1 is 1.60 bits per heavy atom. The van der Waals surface area contributed by atoms with Crippen LogP contribution in [0, 0.1) is 23.6 Å². The summed E-state index contributed by atoms with van der Waals surface area (Å²) in [4.78, 5) is 13.8. The van der Waals surface area contributed by atoms with E-state index in [1.165, 1.54) is 7.11 Å². The molecule has 0 aliphatic carbocycles. The van der Waals surface area contributed by atoms with Crippen LogP contribution in [0.4, 0.5) is 8.78 Å². The fourth-order valence-corrected chi connectivity index (χ4v) is 0.780. The molecule has 0 fully saturated rings. The van der Waals surface area contributed by atoms with Gasteiger partial charge in [0.25, 0.3) is 0 Å². The summed E-state index contributed by atoms with van der Waals surface area (Å²) in [5.74, 6) is 2.17. The van der Waals surface area contributed by atoms with Crippen LogP contribution >= 0.6 is 0 Å². The highest BCUT2D eigenvalue weighted by molar-refractivity contribution is 5.72. The first-order valence-corrected chi connectivity index (χ1v) is 4.00. The second kappa shape index (κ2) is 5.05. The lowest BCUT2D eigenvalue weighted by Crippen LogP contribution is -1.97. The Labute approximate surface area is 85.1 Å². The monoisotopic (exact) mass is 211 g/mol. The molecule has 0 atom stereocenters. The second-order valence-electron chi connectivity index (χ2n) is 2.55. The molecule has 0 N–H and O–H groups in total. The van der Waals surface area contributed by atoms with Crippen molar-refractivity contribution in [3.8, 4) is 11.8 Å². The third-order valence-corrected chi connectivity index (χ3v) is 1.49. The highest BCUT2D eigenvalue weighted by Gasteiger charge is 2.01. The number of rotatable bonds is 1. The van der Waals surface area contributed by atoms with Crippen molar-refractivity contribution < 1.29 is 18.3 Å². The number of carbonyl (C=O) groups excluding carboxylic acids is 1. The summed E-state index contributed by atoms with van der Waals surface area (Å²) in [6.45, 7) is 0. The van der Waals surface area contributed by atoms with E-state index in [4.69, 9.17) is 0 Å². The van der Waals surface area contributed by atoms with Crippen LogP contribution in [0.3, 0.4) is 0 Å². The van der Waals surface area contributed by atoms with E-state index in [0.29, 0.717) is 0 Å². The van der Waals surface area contributed by atoms with E-state index in [2.05, 4.69) is 21.6 Å². The smallest absolute Gasteiger partial charge is 0.317 e. The molecule has 0 aliphatic heterocycles. The third-order valence-electron chi connectivity index (χ3n) is 1.49. The summed E-state index contributed by atoms with van der Waals surface area (Å²) in [5, 5.41) is 0. The van der Waals surface area contributed by atoms with Crippen LogP contribution < -0.4 is 0 Å². The lowest BCUT2D eigenvalue weighted by molar-refractivity contribution is -0.139. The summed E-state index contributed by atoms with van der Waals surface area (Å²) < 4.78 is 29.4. The predicted octanol–water partition coefficient (Wildman–Crippen LogP) is 1.27. The number of esters is 1. The molecule has 3 nitrogen and oxygen atoms in total. The quantitative estimate of drug-likeness (QED) is 0.399. The Kier molecular flexibility index (Phi) is 3.75. The summed E-state index contributed by atoms with van der Waals surface area (Å²) in [7, 11) is 1.24. The molecule has 0 saturated heterocycles. The number of hydrogen-bond donors (Lipinski definition) is 0. The summed E-state index contributed by atoms with van der Waals surface area (Å²) in [6.07, 6.45) is 0.984. The lowest BCUT2D eigenvalue weighted by Gasteiger charge is -1.92. The average molecular weight is 211 g/mol. The van der Waals surface area contributed by atoms with Crippen molar-refractivity contribution in [2.45, 2.75) is 6.42 Å². The van der Waals surface area contributed by atoms with Gasteiger partial charge in [0.2, 0.25) is 5.95 Å². The minimum absolute atomic E-state index is 0.102. The van der Waals surface area contributed by atoms with Gasteiger partial charge < -0.3 is 4.74 Å². The zero-order chi connectivity index (χ0) is 11.3. The van der Waals surface area contributed by atoms with E-state index in [1.54, 1.807) is 0 Å². The maximum absolute atomic E-state index is 12.6. The number of ether oxygens (including phenoxy) is 1. The Morgan fingerprint density at radius 2 is 2.33 bits per heavy atom. The van der Waals surface area contributed by atoms with Gasteiger partial charge >= 0.3 is 5.97 Å². The van der Waals surface area contributed by atoms with Crippen LogP contribution in [0.15, 0.2) is 12.3 Å². The first-order chi connectivity index (χ1) is 7.13. The topological polar surface area (TPSA) is 39.2 Å². The van der Waals surface area contributed by atoms with Gasteiger partial charge in [0.15, 0.2) is 5.82 Å². The molecule has 1 heterocycles. The van der Waals surface area contributed by atoms with Crippen LogP contribution in [0.5, 0.6) is 0 Å². The second-order valence-corrected chi connectivity index (χ2v) is 2.55. The number of methoxy groups -OCH3 is 1. The molecule has 0 aliphatic rings. The van der Waals surface area contributed by atoms with Gasteiger partial charge in [-0.2, -0.15) is 4.39 Å². The molecule has 1 aromatic rings. The summed E-state index contributed by atoms with van der Waals surface area (Å²) >= 11 is 0. The minimum Gasteiger partial charge on any atom is -0.468 e. The fourth-order valence-electron chi connectivity index (χ4n) is 0.780. The van der Waals surface area contributed by atoms with Crippen LogP contribution in [0.25, 0.3) is 0 Å². The highest BCUT2D eigenvalue weighted by Crippen LogP contribution is 2.03. The maximum Gasteiger partial charge on any atom is 0.317 e. The number of carbonyl (C=O) groups is 1. The van der Waals surface area contributed by atoms with Gasteiger partial charge in [0.05, 0.1) is 7.11 Å². The number of pyridine rings is 1. The van der Waals surface area contributed by atoms with Gasteiger partial charge in [0, 0.05) is 11.8 Å². The van der Waals surface area contributed by atoms with Crippen molar-refractivity contribution in [1.29, 1.82) is 0 Å². The first-order valence-electron chi connectivity index (χ1n) is 4.00. The molecule has 0 bridgehead atoms. The number of halogens is 2. The first kappa shape index (κ1) is 11.1. The molecule has 0 aromatic carbocycles. The third kappa shape index (κ3) is 3.35. The van der Waals surface area contributed by atoms with Crippen LogP contribution in [-0.4, -0.2) is 18.1 Å². The molecule has 78 valence electrons. The molecule has 0 radical (unpaired) electrons. The Balaban J connectivity index is 2.72. The van der Waals surface area contributed by atoms with Crippen molar-refractivity contribution in [3.05, 3.63) is 29.6 Å². The van der Waals surface area contributed by atoms with E-state index in [0.717, 1.165) is 12.3 Å². The van der Waals surface area contributed by atoms with Crippen molar-refractivity contribution in [3.63, 3.8) is 0 Å². The molecule has 5 heteroatoms. The Morgan fingerprint density at radius 3 is 2.93 bits per heavy atom. The molecule has 0 spiro atoms. The van der Waals surface area contributed by atoms with Gasteiger partial charge in [-0.1, -0.05) is 11.8 Å². The predicted molar refractivity (Wildman–Crippen MR) is 47.7 cm³/mol. The van der Waals surface area contributed by atoms with Crippen LogP contribution in [-0.2, 0) is 9.53 Å². The summed E-state index contributed by atoms with van der Waals surface area (Å²) in [6, 6.07) is 0.909. The lowest BCUT2D eigenvalue weighted by atomic mass is 10.2. The molecule has 0 unspecified atom stereocenters. The minimum atomic E-state index is -1.17. The molecular formula is C10H7F2NO2. The number of hydrogen-bond acceptors (Lipinski definition) is 3. The number of aromatic nitrogens is 1. The van der Waals surface area contributed by atoms with E-state index in [1.807, 2.05) is 0 Å². The van der Waals surface area contributed by atoms with Gasteiger partial charge in [0.1, 0.15) is 6.42 Å². The summed E-state index contributed by atoms with van der Waals surface area (Å²) in [5.41, 5.74) is 0.206. The standard InChI is InChI=1S/C10H7F2NO2/c1-15-9(14)4-2-3-7-5-8(11)10(12)13-6-7/h5-6H,4H2,1H3. The fraction of sp³-hybridized carbons (Fsp3) is 0.200. The Bertz CT molecular complexity index is 435. The van der Waals surface area contributed by atoms with Crippen molar-refractivity contribution >= 4 is 5.97 Å². The molecule has 0 saturated carbocycles. The van der Waals surface area contributed by atoms with Gasteiger partial charge in [-0.3, -0.25) is 4.79 Å². The van der Waals surface area contributed by atoms with Gasteiger partial charge in [-0.25, -0.2) is 9.37 Å². The Hall–Kier alpha value is -1.96. The molecule has 1 rings (SSSR count). The zero-order valence-electron chi connectivity index (χ0n) is 7.88. The normalized spacial score (nSPS) is 9.00. The van der Waals surface area contributed by atoms with Crippen molar-refractivity contribution in [2.24, 2.45) is 0 Å². The molecule has 1 aromatic heterocycles. The highest BCUT2D eigenvalue weighted by atomic mass is 19.2. The van der Waals surface area contributed by atoms with E-state index in [9.17, 15) is 13.6 Å². The molecule has 0 amide bonds.